The second-order valence-electron chi connectivity index (χ2n) is 3.38. The van der Waals surface area contributed by atoms with Gasteiger partial charge in [-0.05, 0) is 12.8 Å². The molecule has 1 N–H and O–H groups in total. The number of hydrogen-bond acceptors (Lipinski definition) is 2. The number of aromatic nitrogens is 2. The van der Waals surface area contributed by atoms with E-state index in [9.17, 15) is 4.79 Å². The van der Waals surface area contributed by atoms with E-state index in [2.05, 4.69) is 26.2 Å². The minimum Gasteiger partial charge on any atom is -0.349 e. The fourth-order valence-corrected chi connectivity index (χ4v) is 1.61. The van der Waals surface area contributed by atoms with E-state index < -0.39 is 0 Å². The first kappa shape index (κ1) is 12.2. The monoisotopic (exact) mass is 273 g/mol. The van der Waals surface area contributed by atoms with E-state index in [1.807, 2.05) is 17.8 Å². The summed E-state index contributed by atoms with van der Waals surface area (Å²) in [6.07, 6.45) is 6.15. The van der Waals surface area contributed by atoms with E-state index in [1.54, 1.807) is 6.20 Å². The maximum atomic E-state index is 11.4. The molecule has 1 amide bonds. The van der Waals surface area contributed by atoms with Crippen LogP contribution in [0.25, 0.3) is 0 Å². The van der Waals surface area contributed by atoms with Crippen molar-refractivity contribution in [3.05, 3.63) is 18.2 Å². The molecule has 0 aromatic carbocycles. The lowest BCUT2D eigenvalue weighted by Crippen LogP contribution is -2.23. The quantitative estimate of drug-likeness (QED) is 0.632. The SMILES string of the molecule is Cn1ccnc1CNC(=O)CCCCBr. The fraction of sp³-hybridized carbons (Fsp3) is 0.600. The standard InChI is InChI=1S/C10H16BrN3O/c1-14-7-6-12-9(14)8-13-10(15)4-2-3-5-11/h6-7H,2-5,8H2,1H3,(H,13,15). The molecule has 0 aliphatic carbocycles. The van der Waals surface area contributed by atoms with Crippen LogP contribution in [0.5, 0.6) is 0 Å². The third-order valence-electron chi connectivity index (χ3n) is 2.15. The van der Waals surface area contributed by atoms with Crippen LogP contribution in [0.3, 0.4) is 0 Å². The third-order valence-corrected chi connectivity index (χ3v) is 2.71. The van der Waals surface area contributed by atoms with Crippen molar-refractivity contribution >= 4 is 21.8 Å². The van der Waals surface area contributed by atoms with Crippen molar-refractivity contribution in [2.75, 3.05) is 5.33 Å². The number of nitrogens with one attached hydrogen (secondary N) is 1. The van der Waals surface area contributed by atoms with E-state index in [-0.39, 0.29) is 5.91 Å². The summed E-state index contributed by atoms with van der Waals surface area (Å²) in [5.41, 5.74) is 0. The summed E-state index contributed by atoms with van der Waals surface area (Å²) in [5, 5.41) is 3.81. The van der Waals surface area contributed by atoms with Crippen LogP contribution in [0.4, 0.5) is 0 Å². The number of carbonyl (C=O) groups is 1. The topological polar surface area (TPSA) is 46.9 Å². The molecule has 0 atom stereocenters. The molecule has 5 heteroatoms. The van der Waals surface area contributed by atoms with Crippen LogP contribution in [0.1, 0.15) is 25.1 Å². The van der Waals surface area contributed by atoms with Gasteiger partial charge in [0.15, 0.2) is 0 Å². The van der Waals surface area contributed by atoms with Gasteiger partial charge in [0.25, 0.3) is 0 Å². The zero-order valence-corrected chi connectivity index (χ0v) is 10.5. The molecule has 15 heavy (non-hydrogen) atoms. The van der Waals surface area contributed by atoms with Gasteiger partial charge in [-0.25, -0.2) is 4.98 Å². The van der Waals surface area contributed by atoms with Crippen molar-refractivity contribution < 1.29 is 4.79 Å². The van der Waals surface area contributed by atoms with Crippen LogP contribution in [-0.4, -0.2) is 20.8 Å². The predicted octanol–water partition coefficient (Wildman–Crippen LogP) is 1.60. The molecule has 0 radical (unpaired) electrons. The van der Waals surface area contributed by atoms with E-state index in [4.69, 9.17) is 0 Å². The maximum absolute atomic E-state index is 11.4. The molecule has 0 aliphatic rings. The molecule has 0 unspecified atom stereocenters. The van der Waals surface area contributed by atoms with Gasteiger partial charge in [-0.3, -0.25) is 4.79 Å². The molecule has 0 aliphatic heterocycles. The average molecular weight is 274 g/mol. The summed E-state index contributed by atoms with van der Waals surface area (Å²) in [6.45, 7) is 0.511. The summed E-state index contributed by atoms with van der Waals surface area (Å²) < 4.78 is 1.90. The number of alkyl halides is 1. The number of unbranched alkanes of at least 4 members (excludes halogenated alkanes) is 1. The normalized spacial score (nSPS) is 10.3. The smallest absolute Gasteiger partial charge is 0.220 e. The molecule has 0 bridgehead atoms. The van der Waals surface area contributed by atoms with Gasteiger partial charge in [0.05, 0.1) is 6.54 Å². The number of aryl methyl sites for hydroxylation is 1. The van der Waals surface area contributed by atoms with E-state index in [0.717, 1.165) is 24.0 Å². The van der Waals surface area contributed by atoms with Crippen LogP contribution in [0, 0.1) is 0 Å². The van der Waals surface area contributed by atoms with E-state index in [1.165, 1.54) is 0 Å². The van der Waals surface area contributed by atoms with Crippen molar-refractivity contribution in [1.29, 1.82) is 0 Å². The highest BCUT2D eigenvalue weighted by molar-refractivity contribution is 9.09. The highest BCUT2D eigenvalue weighted by atomic mass is 79.9. The number of hydrogen-bond donors (Lipinski definition) is 1. The minimum absolute atomic E-state index is 0.0963. The molecule has 0 spiro atoms. The minimum atomic E-state index is 0.0963. The maximum Gasteiger partial charge on any atom is 0.220 e. The van der Waals surface area contributed by atoms with Crippen molar-refractivity contribution in [3.63, 3.8) is 0 Å². The zero-order valence-electron chi connectivity index (χ0n) is 8.87. The Morgan fingerprint density at radius 1 is 1.60 bits per heavy atom. The van der Waals surface area contributed by atoms with Crippen LogP contribution < -0.4 is 5.32 Å². The molecule has 1 aromatic heterocycles. The second-order valence-corrected chi connectivity index (χ2v) is 4.17. The first-order valence-corrected chi connectivity index (χ1v) is 6.15. The van der Waals surface area contributed by atoms with Crippen molar-refractivity contribution in [1.82, 2.24) is 14.9 Å². The van der Waals surface area contributed by atoms with Gasteiger partial charge in [-0.2, -0.15) is 0 Å². The summed E-state index contributed by atoms with van der Waals surface area (Å²) in [4.78, 5) is 15.5. The molecule has 84 valence electrons. The van der Waals surface area contributed by atoms with Gasteiger partial charge >= 0.3 is 0 Å². The average Bonchev–Trinajstić information content (AvgIpc) is 2.61. The molecule has 4 nitrogen and oxygen atoms in total. The zero-order chi connectivity index (χ0) is 11.1. The Bertz CT molecular complexity index is 311. The Balaban J connectivity index is 2.20. The third kappa shape index (κ3) is 4.46. The van der Waals surface area contributed by atoms with Gasteiger partial charge in [0.1, 0.15) is 5.82 Å². The van der Waals surface area contributed by atoms with Crippen molar-refractivity contribution in [2.45, 2.75) is 25.8 Å². The van der Waals surface area contributed by atoms with Crippen molar-refractivity contribution in [2.24, 2.45) is 7.05 Å². The summed E-state index contributed by atoms with van der Waals surface area (Å²) in [6, 6.07) is 0. The van der Waals surface area contributed by atoms with Crippen LogP contribution in [0.15, 0.2) is 12.4 Å². The summed E-state index contributed by atoms with van der Waals surface area (Å²) in [7, 11) is 1.92. The molecular weight excluding hydrogens is 258 g/mol. The summed E-state index contributed by atoms with van der Waals surface area (Å²) in [5.74, 6) is 0.975. The molecule has 1 aromatic rings. The molecule has 1 rings (SSSR count). The number of amides is 1. The molecule has 0 fully saturated rings. The Morgan fingerprint density at radius 2 is 2.40 bits per heavy atom. The van der Waals surface area contributed by atoms with Gasteiger partial charge in [0, 0.05) is 31.2 Å². The largest absolute Gasteiger partial charge is 0.349 e. The molecular formula is C10H16BrN3O. The Morgan fingerprint density at radius 3 is 3.00 bits per heavy atom. The number of halogens is 1. The number of carbonyl (C=O) groups excluding carboxylic acids is 1. The highest BCUT2D eigenvalue weighted by Crippen LogP contribution is 1.99. The highest BCUT2D eigenvalue weighted by Gasteiger charge is 2.03. The Hall–Kier alpha value is -0.840. The first-order valence-electron chi connectivity index (χ1n) is 5.03. The lowest BCUT2D eigenvalue weighted by atomic mass is 10.2. The molecule has 0 saturated carbocycles. The van der Waals surface area contributed by atoms with E-state index in [0.29, 0.717) is 13.0 Å². The number of rotatable bonds is 6. The second kappa shape index (κ2) is 6.61. The first-order chi connectivity index (χ1) is 7.24. The lowest BCUT2D eigenvalue weighted by molar-refractivity contribution is -0.121. The Kier molecular flexibility index (Phi) is 5.39. The van der Waals surface area contributed by atoms with E-state index >= 15 is 0 Å². The lowest BCUT2D eigenvalue weighted by Gasteiger charge is -2.04. The predicted molar refractivity (Wildman–Crippen MR) is 62.7 cm³/mol. The van der Waals surface area contributed by atoms with Crippen LogP contribution >= 0.6 is 15.9 Å². The fourth-order valence-electron chi connectivity index (χ4n) is 1.21. The van der Waals surface area contributed by atoms with Gasteiger partial charge in [0.2, 0.25) is 5.91 Å². The van der Waals surface area contributed by atoms with Crippen molar-refractivity contribution in [3.8, 4) is 0 Å². The Labute approximate surface area is 98.2 Å². The summed E-state index contributed by atoms with van der Waals surface area (Å²) >= 11 is 3.33. The molecule has 0 saturated heterocycles. The molecule has 1 heterocycles. The number of imidazole rings is 1. The van der Waals surface area contributed by atoms with Crippen LogP contribution in [0.2, 0.25) is 0 Å². The van der Waals surface area contributed by atoms with Gasteiger partial charge in [-0.15, -0.1) is 0 Å². The van der Waals surface area contributed by atoms with Gasteiger partial charge in [-0.1, -0.05) is 15.9 Å². The number of nitrogens with zero attached hydrogens (tertiary/aromatic N) is 2. The van der Waals surface area contributed by atoms with Crippen LogP contribution in [-0.2, 0) is 18.4 Å². The van der Waals surface area contributed by atoms with Gasteiger partial charge < -0.3 is 9.88 Å².